The van der Waals surface area contributed by atoms with E-state index in [1.807, 2.05) is 24.3 Å². The number of benzene rings is 2. The lowest BCUT2D eigenvalue weighted by Gasteiger charge is -2.34. The fourth-order valence-electron chi connectivity index (χ4n) is 3.78. The Labute approximate surface area is 149 Å². The fraction of sp³-hybridized carbons (Fsp3) is 0.400. The minimum absolute atomic E-state index is 0.821. The first-order valence-electron chi connectivity index (χ1n) is 8.70. The SMILES string of the molecule is CN1CCN(c2cccc(Cl)c2)CC1.Nc1ccc2c(c1)C1CC21. The van der Waals surface area contributed by atoms with E-state index in [4.69, 9.17) is 17.3 Å². The van der Waals surface area contributed by atoms with Crippen LogP contribution in [0.2, 0.25) is 5.02 Å². The predicted molar refractivity (Wildman–Crippen MR) is 102 cm³/mol. The number of likely N-dealkylation sites (N-methyl/N-ethyl adjacent to an activating group) is 1. The third-order valence-corrected chi connectivity index (χ3v) is 5.61. The van der Waals surface area contributed by atoms with E-state index in [1.54, 1.807) is 5.56 Å². The van der Waals surface area contributed by atoms with Crippen molar-refractivity contribution in [3.05, 3.63) is 58.6 Å². The third kappa shape index (κ3) is 3.11. The molecule has 0 bridgehead atoms. The number of rotatable bonds is 1. The van der Waals surface area contributed by atoms with Gasteiger partial charge in [-0.05, 0) is 66.8 Å². The van der Waals surface area contributed by atoms with E-state index in [-0.39, 0.29) is 0 Å². The zero-order chi connectivity index (χ0) is 16.7. The van der Waals surface area contributed by atoms with Crippen molar-refractivity contribution in [2.24, 2.45) is 0 Å². The van der Waals surface area contributed by atoms with Gasteiger partial charge in [0.15, 0.2) is 0 Å². The van der Waals surface area contributed by atoms with Gasteiger partial charge < -0.3 is 15.5 Å². The number of anilines is 2. The first-order valence-corrected chi connectivity index (χ1v) is 9.08. The number of nitrogens with two attached hydrogens (primary N) is 1. The largest absolute Gasteiger partial charge is 0.399 e. The smallest absolute Gasteiger partial charge is 0.0426 e. The second-order valence-corrected chi connectivity index (χ2v) is 7.54. The summed E-state index contributed by atoms with van der Waals surface area (Å²) in [5.41, 5.74) is 10.9. The maximum atomic E-state index is 5.96. The Morgan fingerprint density at radius 3 is 2.46 bits per heavy atom. The number of hydrogen-bond donors (Lipinski definition) is 1. The van der Waals surface area contributed by atoms with Gasteiger partial charge in [0.25, 0.3) is 0 Å². The molecule has 3 nitrogen and oxygen atoms in total. The van der Waals surface area contributed by atoms with Crippen molar-refractivity contribution in [1.82, 2.24) is 4.90 Å². The van der Waals surface area contributed by atoms with Crippen LogP contribution in [0.4, 0.5) is 11.4 Å². The zero-order valence-corrected chi connectivity index (χ0v) is 14.8. The van der Waals surface area contributed by atoms with Gasteiger partial charge in [0.2, 0.25) is 0 Å². The lowest BCUT2D eigenvalue weighted by Crippen LogP contribution is -2.44. The van der Waals surface area contributed by atoms with Gasteiger partial charge in [-0.3, -0.25) is 0 Å². The molecule has 0 aromatic heterocycles. The Bertz CT molecular complexity index is 737. The number of nitrogen functional groups attached to an aromatic ring is 1. The minimum atomic E-state index is 0.821. The Kier molecular flexibility index (Phi) is 4.15. The second kappa shape index (κ2) is 6.30. The highest BCUT2D eigenvalue weighted by Gasteiger charge is 2.50. The Morgan fingerprint density at radius 1 is 0.958 bits per heavy atom. The summed E-state index contributed by atoms with van der Waals surface area (Å²) in [4.78, 5) is 4.73. The molecule has 3 aliphatic rings. The summed E-state index contributed by atoms with van der Waals surface area (Å²) in [5.74, 6) is 1.83. The van der Waals surface area contributed by atoms with Crippen LogP contribution in [0.1, 0.15) is 29.4 Å². The van der Waals surface area contributed by atoms with Crippen molar-refractivity contribution in [1.29, 1.82) is 0 Å². The summed E-state index contributed by atoms with van der Waals surface area (Å²) in [7, 11) is 2.16. The molecule has 2 aromatic rings. The molecule has 5 rings (SSSR count). The molecule has 4 heteroatoms. The van der Waals surface area contributed by atoms with Crippen LogP contribution in [0.3, 0.4) is 0 Å². The van der Waals surface area contributed by atoms with Gasteiger partial charge in [-0.1, -0.05) is 23.7 Å². The number of piperazine rings is 1. The number of fused-ring (bicyclic) bond motifs is 4. The van der Waals surface area contributed by atoms with Gasteiger partial charge in [-0.2, -0.15) is 0 Å². The molecule has 2 atom stereocenters. The summed E-state index contributed by atoms with van der Waals surface area (Å²) in [5, 5.41) is 0.821. The van der Waals surface area contributed by atoms with Crippen molar-refractivity contribution in [3.63, 3.8) is 0 Å². The van der Waals surface area contributed by atoms with E-state index in [9.17, 15) is 0 Å². The van der Waals surface area contributed by atoms with Crippen molar-refractivity contribution >= 4 is 23.0 Å². The highest BCUT2D eigenvalue weighted by molar-refractivity contribution is 6.30. The molecule has 2 fully saturated rings. The Hall–Kier alpha value is -1.71. The van der Waals surface area contributed by atoms with Crippen LogP contribution in [0, 0.1) is 0 Å². The van der Waals surface area contributed by atoms with Crippen molar-refractivity contribution in [2.75, 3.05) is 43.9 Å². The van der Waals surface area contributed by atoms with Crippen molar-refractivity contribution < 1.29 is 0 Å². The molecule has 1 aliphatic heterocycles. The number of hydrogen-bond acceptors (Lipinski definition) is 3. The van der Waals surface area contributed by atoms with Gasteiger partial charge >= 0.3 is 0 Å². The van der Waals surface area contributed by atoms with Crippen LogP contribution < -0.4 is 10.6 Å². The topological polar surface area (TPSA) is 32.5 Å². The summed E-state index contributed by atoms with van der Waals surface area (Å²) in [6, 6.07) is 14.4. The van der Waals surface area contributed by atoms with Crippen molar-refractivity contribution in [3.8, 4) is 0 Å². The summed E-state index contributed by atoms with van der Waals surface area (Å²) in [6.45, 7) is 4.45. The van der Waals surface area contributed by atoms with Crippen LogP contribution in [0.15, 0.2) is 42.5 Å². The van der Waals surface area contributed by atoms with E-state index < -0.39 is 0 Å². The zero-order valence-electron chi connectivity index (χ0n) is 14.1. The maximum absolute atomic E-state index is 5.96. The molecule has 0 radical (unpaired) electrons. The average Bonchev–Trinajstić information content (AvgIpc) is 3.29. The first kappa shape index (κ1) is 15.8. The standard InChI is InChI=1S/C11H15ClN2.C9H9N/c1-13-5-7-14(8-6-13)11-4-2-3-10(12)9-11;10-5-1-2-6-7(3-5)9-4-8(6)9/h2-4,9H,5-8H2,1H3;1-3,8-9H,4,10H2. The van der Waals surface area contributed by atoms with Crippen LogP contribution in [-0.2, 0) is 0 Å². The molecule has 2 N–H and O–H groups in total. The normalized spacial score (nSPS) is 24.2. The van der Waals surface area contributed by atoms with Crippen LogP contribution >= 0.6 is 11.6 Å². The summed E-state index contributed by atoms with van der Waals surface area (Å²) in [6.07, 6.45) is 1.39. The second-order valence-electron chi connectivity index (χ2n) is 7.11. The Balaban J connectivity index is 0.000000127. The van der Waals surface area contributed by atoms with E-state index >= 15 is 0 Å². The maximum Gasteiger partial charge on any atom is 0.0426 e. The molecule has 1 saturated carbocycles. The van der Waals surface area contributed by atoms with E-state index in [2.05, 4.69) is 35.0 Å². The lowest BCUT2D eigenvalue weighted by molar-refractivity contribution is 0.313. The molecule has 24 heavy (non-hydrogen) atoms. The van der Waals surface area contributed by atoms with Gasteiger partial charge in [0.05, 0.1) is 0 Å². The van der Waals surface area contributed by atoms with Crippen LogP contribution in [0.25, 0.3) is 0 Å². The molecular formula is C20H24ClN3. The fourth-order valence-corrected chi connectivity index (χ4v) is 3.96. The van der Waals surface area contributed by atoms with E-state index in [0.29, 0.717) is 0 Å². The third-order valence-electron chi connectivity index (χ3n) is 5.38. The molecule has 1 saturated heterocycles. The predicted octanol–water partition coefficient (Wildman–Crippen LogP) is 3.95. The highest BCUT2D eigenvalue weighted by atomic mass is 35.5. The van der Waals surface area contributed by atoms with Crippen LogP contribution in [-0.4, -0.2) is 38.1 Å². The lowest BCUT2D eigenvalue weighted by atomic mass is 9.88. The summed E-state index contributed by atoms with van der Waals surface area (Å²) < 4.78 is 0. The average molecular weight is 342 g/mol. The number of halogens is 1. The van der Waals surface area contributed by atoms with E-state index in [1.165, 1.54) is 17.7 Å². The van der Waals surface area contributed by atoms with Gasteiger partial charge in [-0.25, -0.2) is 0 Å². The molecule has 2 unspecified atom stereocenters. The quantitative estimate of drug-likeness (QED) is 0.797. The molecule has 0 amide bonds. The minimum Gasteiger partial charge on any atom is -0.399 e. The Morgan fingerprint density at radius 2 is 1.71 bits per heavy atom. The first-order chi connectivity index (χ1) is 11.6. The van der Waals surface area contributed by atoms with Crippen molar-refractivity contribution in [2.45, 2.75) is 18.3 Å². The monoisotopic (exact) mass is 341 g/mol. The molecule has 2 aliphatic carbocycles. The van der Waals surface area contributed by atoms with Gasteiger partial charge in [0.1, 0.15) is 0 Å². The molecule has 2 aromatic carbocycles. The van der Waals surface area contributed by atoms with E-state index in [0.717, 1.165) is 48.7 Å². The van der Waals surface area contributed by atoms with Gasteiger partial charge in [0, 0.05) is 42.6 Å². The summed E-state index contributed by atoms with van der Waals surface area (Å²) >= 11 is 5.96. The number of nitrogens with zero attached hydrogens (tertiary/aromatic N) is 2. The molecular weight excluding hydrogens is 318 g/mol. The van der Waals surface area contributed by atoms with Crippen LogP contribution in [0.5, 0.6) is 0 Å². The highest BCUT2D eigenvalue weighted by Crippen LogP contribution is 2.65. The molecule has 0 spiro atoms. The van der Waals surface area contributed by atoms with Gasteiger partial charge in [-0.15, -0.1) is 0 Å². The molecule has 126 valence electrons. The molecule has 1 heterocycles.